The molecule has 0 fully saturated rings. The van der Waals surface area contributed by atoms with Crippen LogP contribution in [0.1, 0.15) is 15.9 Å². The highest BCUT2D eigenvalue weighted by Gasteiger charge is 2.16. The number of amides is 1. The van der Waals surface area contributed by atoms with Crippen molar-refractivity contribution in [1.29, 1.82) is 0 Å². The highest BCUT2D eigenvalue weighted by atomic mass is 79.9. The molecule has 6 nitrogen and oxygen atoms in total. The number of benzene rings is 3. The Morgan fingerprint density at radius 2 is 1.79 bits per heavy atom. The molecule has 0 spiro atoms. The lowest BCUT2D eigenvalue weighted by molar-refractivity contribution is 0.0997. The average molecular weight is 524 g/mol. The van der Waals surface area contributed by atoms with Crippen LogP contribution in [0.4, 0.5) is 27.5 Å². The number of nitrogens with one attached hydrogen (secondary N) is 2. The van der Waals surface area contributed by atoms with E-state index >= 15 is 0 Å². The summed E-state index contributed by atoms with van der Waals surface area (Å²) in [6.07, 6.45) is 1.57. The smallest absolute Gasteiger partial charge is 0.253 e. The summed E-state index contributed by atoms with van der Waals surface area (Å²) in [6.45, 7) is 2.00. The van der Waals surface area contributed by atoms with Gasteiger partial charge in [-0.2, -0.15) is 4.98 Å². The molecule has 0 aliphatic carbocycles. The Morgan fingerprint density at radius 3 is 2.52 bits per heavy atom. The van der Waals surface area contributed by atoms with Gasteiger partial charge in [0.25, 0.3) is 5.91 Å². The van der Waals surface area contributed by atoms with Crippen LogP contribution in [0.25, 0.3) is 0 Å². The zero-order valence-electron chi connectivity index (χ0n) is 17.5. The maximum absolute atomic E-state index is 14.1. The van der Waals surface area contributed by atoms with Crippen molar-refractivity contribution in [3.8, 4) is 0 Å². The molecule has 4 N–H and O–H groups in total. The number of aryl methyl sites for hydroxylation is 1. The number of hydrogen-bond acceptors (Lipinski definition) is 6. The molecule has 0 saturated carbocycles. The molecule has 33 heavy (non-hydrogen) atoms. The molecule has 4 aromatic rings. The second-order valence-electron chi connectivity index (χ2n) is 7.06. The van der Waals surface area contributed by atoms with Crippen LogP contribution in [0.3, 0.4) is 0 Å². The summed E-state index contributed by atoms with van der Waals surface area (Å²) in [5, 5.41) is 6.17. The van der Waals surface area contributed by atoms with E-state index in [1.807, 2.05) is 37.3 Å². The van der Waals surface area contributed by atoms with Gasteiger partial charge in [0.2, 0.25) is 5.95 Å². The average Bonchev–Trinajstić information content (AvgIpc) is 2.78. The van der Waals surface area contributed by atoms with Crippen molar-refractivity contribution in [2.45, 2.75) is 16.7 Å². The fourth-order valence-electron chi connectivity index (χ4n) is 3.11. The van der Waals surface area contributed by atoms with Gasteiger partial charge in [0.15, 0.2) is 0 Å². The van der Waals surface area contributed by atoms with Crippen LogP contribution in [0.15, 0.2) is 87.2 Å². The number of hydrogen-bond donors (Lipinski definition) is 3. The van der Waals surface area contributed by atoms with E-state index in [0.717, 1.165) is 21.0 Å². The van der Waals surface area contributed by atoms with E-state index in [4.69, 9.17) is 5.73 Å². The van der Waals surface area contributed by atoms with Crippen molar-refractivity contribution in [2.24, 2.45) is 5.73 Å². The Labute approximate surface area is 203 Å². The summed E-state index contributed by atoms with van der Waals surface area (Å²) >= 11 is 5.06. The Morgan fingerprint density at radius 1 is 1.00 bits per heavy atom. The van der Waals surface area contributed by atoms with Gasteiger partial charge in [0.1, 0.15) is 11.6 Å². The Kier molecular flexibility index (Phi) is 6.90. The van der Waals surface area contributed by atoms with Gasteiger partial charge in [-0.1, -0.05) is 36.0 Å². The number of anilines is 4. The van der Waals surface area contributed by atoms with Crippen molar-refractivity contribution >= 4 is 56.7 Å². The van der Waals surface area contributed by atoms with Gasteiger partial charge in [-0.25, -0.2) is 9.37 Å². The lowest BCUT2D eigenvalue weighted by atomic mass is 10.1. The molecular formula is C24H19BrFN5OS. The first-order valence-corrected chi connectivity index (χ1v) is 11.5. The second-order valence-corrected chi connectivity index (χ2v) is 9.06. The SMILES string of the molecule is Cc1cc(Sc2ccccc2)ccc1Nc1ncc(Br)c(Nc2cccc(F)c2C(N)=O)n1. The highest BCUT2D eigenvalue weighted by Crippen LogP contribution is 2.32. The number of carbonyl (C=O) groups is 1. The summed E-state index contributed by atoms with van der Waals surface area (Å²) < 4.78 is 14.6. The zero-order chi connectivity index (χ0) is 23.4. The maximum atomic E-state index is 14.1. The Hall–Kier alpha value is -3.43. The molecule has 1 aromatic heterocycles. The molecule has 1 heterocycles. The topological polar surface area (TPSA) is 92.9 Å². The van der Waals surface area contributed by atoms with E-state index in [1.165, 1.54) is 12.1 Å². The Bertz CT molecular complexity index is 1320. The number of rotatable bonds is 7. The van der Waals surface area contributed by atoms with Gasteiger partial charge in [-0.3, -0.25) is 4.79 Å². The van der Waals surface area contributed by atoms with Gasteiger partial charge in [0, 0.05) is 21.7 Å². The molecular weight excluding hydrogens is 505 g/mol. The molecule has 1 amide bonds. The zero-order valence-corrected chi connectivity index (χ0v) is 19.9. The van der Waals surface area contributed by atoms with Crippen LogP contribution >= 0.6 is 27.7 Å². The summed E-state index contributed by atoms with van der Waals surface area (Å²) in [4.78, 5) is 22.7. The minimum Gasteiger partial charge on any atom is -0.365 e. The second kappa shape index (κ2) is 10.0. The maximum Gasteiger partial charge on any atom is 0.253 e. The van der Waals surface area contributed by atoms with E-state index in [0.29, 0.717) is 16.2 Å². The van der Waals surface area contributed by atoms with E-state index in [-0.39, 0.29) is 11.3 Å². The molecule has 3 aromatic carbocycles. The third kappa shape index (κ3) is 5.50. The quantitative estimate of drug-likeness (QED) is 0.258. The third-order valence-electron chi connectivity index (χ3n) is 4.68. The fourth-order valence-corrected chi connectivity index (χ4v) is 4.33. The van der Waals surface area contributed by atoms with Crippen LogP contribution < -0.4 is 16.4 Å². The molecule has 0 bridgehead atoms. The standard InChI is InChI=1S/C24H19BrFN5OS/c1-14-12-16(33-15-6-3-2-4-7-15)10-11-19(14)30-24-28-13-17(25)23(31-24)29-20-9-5-8-18(26)21(20)22(27)32/h2-13H,1H3,(H2,27,32)(H2,28,29,30,31). The largest absolute Gasteiger partial charge is 0.365 e. The number of carbonyl (C=O) groups excluding carboxylic acids is 1. The number of nitrogens with two attached hydrogens (primary N) is 1. The van der Waals surface area contributed by atoms with Crippen molar-refractivity contribution in [3.05, 3.63) is 94.3 Å². The monoisotopic (exact) mass is 523 g/mol. The summed E-state index contributed by atoms with van der Waals surface area (Å²) in [5.41, 5.74) is 7.19. The first-order chi connectivity index (χ1) is 15.9. The van der Waals surface area contributed by atoms with Crippen molar-refractivity contribution < 1.29 is 9.18 Å². The van der Waals surface area contributed by atoms with Crippen LogP contribution in [0.2, 0.25) is 0 Å². The number of primary amides is 1. The van der Waals surface area contributed by atoms with Crippen molar-refractivity contribution in [3.63, 3.8) is 0 Å². The molecule has 0 aliphatic rings. The molecule has 0 saturated heterocycles. The first-order valence-electron chi connectivity index (χ1n) is 9.89. The van der Waals surface area contributed by atoms with Crippen LogP contribution in [0, 0.1) is 12.7 Å². The van der Waals surface area contributed by atoms with E-state index < -0.39 is 11.7 Å². The summed E-state index contributed by atoms with van der Waals surface area (Å²) in [7, 11) is 0. The highest BCUT2D eigenvalue weighted by molar-refractivity contribution is 9.10. The Balaban J connectivity index is 1.55. The van der Waals surface area contributed by atoms with Gasteiger partial charge in [-0.15, -0.1) is 0 Å². The number of halogens is 2. The lowest BCUT2D eigenvalue weighted by Gasteiger charge is -2.14. The van der Waals surface area contributed by atoms with Gasteiger partial charge < -0.3 is 16.4 Å². The predicted octanol–water partition coefficient (Wildman–Crippen LogP) is 6.42. The predicted molar refractivity (Wildman–Crippen MR) is 133 cm³/mol. The first kappa shape index (κ1) is 22.8. The van der Waals surface area contributed by atoms with Crippen molar-refractivity contribution in [2.75, 3.05) is 10.6 Å². The molecule has 4 rings (SSSR count). The van der Waals surface area contributed by atoms with E-state index in [2.05, 4.69) is 54.7 Å². The minimum atomic E-state index is -0.872. The van der Waals surface area contributed by atoms with Crippen LogP contribution in [0.5, 0.6) is 0 Å². The van der Waals surface area contributed by atoms with Crippen molar-refractivity contribution in [1.82, 2.24) is 9.97 Å². The normalized spacial score (nSPS) is 10.6. The van der Waals surface area contributed by atoms with Gasteiger partial charge in [0.05, 0.1) is 15.7 Å². The minimum absolute atomic E-state index is 0.214. The summed E-state index contributed by atoms with van der Waals surface area (Å²) in [5.74, 6) is -0.887. The van der Waals surface area contributed by atoms with E-state index in [1.54, 1.807) is 24.0 Å². The number of nitrogens with zero attached hydrogens (tertiary/aromatic N) is 2. The molecule has 0 radical (unpaired) electrons. The summed E-state index contributed by atoms with van der Waals surface area (Å²) in [6, 6.07) is 20.4. The fraction of sp³-hybridized carbons (Fsp3) is 0.0417. The van der Waals surface area contributed by atoms with Gasteiger partial charge >= 0.3 is 0 Å². The molecule has 166 valence electrons. The van der Waals surface area contributed by atoms with Crippen LogP contribution in [-0.4, -0.2) is 15.9 Å². The van der Waals surface area contributed by atoms with Crippen LogP contribution in [-0.2, 0) is 0 Å². The number of aromatic nitrogens is 2. The molecule has 0 unspecified atom stereocenters. The third-order valence-corrected chi connectivity index (χ3v) is 6.26. The molecule has 9 heteroatoms. The molecule has 0 aliphatic heterocycles. The molecule has 0 atom stereocenters. The van der Waals surface area contributed by atoms with E-state index in [9.17, 15) is 9.18 Å². The lowest BCUT2D eigenvalue weighted by Crippen LogP contribution is -2.16. The van der Waals surface area contributed by atoms with Gasteiger partial charge in [-0.05, 0) is 70.9 Å².